The number of aromatic nitrogens is 3. The Morgan fingerprint density at radius 1 is 1.20 bits per heavy atom. The van der Waals surface area contributed by atoms with Crippen LogP contribution in [0.3, 0.4) is 0 Å². The Morgan fingerprint density at radius 3 is 2.53 bits per heavy atom. The first-order chi connectivity index (χ1) is 14.6. The molecule has 1 heterocycles. The van der Waals surface area contributed by atoms with Gasteiger partial charge in [-0.25, -0.2) is 0 Å². The third-order valence-corrected chi connectivity index (χ3v) is 5.93. The molecule has 8 heteroatoms. The van der Waals surface area contributed by atoms with Crippen LogP contribution in [0.5, 0.6) is 11.5 Å². The summed E-state index contributed by atoms with van der Waals surface area (Å²) < 4.78 is 12.8. The van der Waals surface area contributed by atoms with E-state index in [-0.39, 0.29) is 5.91 Å². The number of carbonyl (C=O) groups excluding carboxylic acids is 1. The maximum absolute atomic E-state index is 12.2. The molecule has 1 aromatic heterocycles. The van der Waals surface area contributed by atoms with E-state index in [0.29, 0.717) is 24.1 Å². The Morgan fingerprint density at radius 2 is 1.90 bits per heavy atom. The van der Waals surface area contributed by atoms with Crippen molar-refractivity contribution in [3.8, 4) is 11.5 Å². The van der Waals surface area contributed by atoms with E-state index in [1.165, 1.54) is 31.8 Å². The molecule has 0 saturated heterocycles. The van der Waals surface area contributed by atoms with Crippen molar-refractivity contribution in [2.24, 2.45) is 0 Å². The molecule has 162 valence electrons. The number of rotatable bonds is 10. The van der Waals surface area contributed by atoms with Crippen molar-refractivity contribution in [2.45, 2.75) is 49.7 Å². The van der Waals surface area contributed by atoms with Gasteiger partial charge in [0.15, 0.2) is 5.16 Å². The number of nitrogens with zero attached hydrogens (tertiary/aromatic N) is 3. The summed E-state index contributed by atoms with van der Waals surface area (Å²) in [5.74, 6) is 2.27. The topological polar surface area (TPSA) is 78.3 Å². The van der Waals surface area contributed by atoms with Crippen LogP contribution < -0.4 is 14.8 Å². The first kappa shape index (κ1) is 22.2. The van der Waals surface area contributed by atoms with Crippen molar-refractivity contribution in [1.29, 1.82) is 0 Å². The van der Waals surface area contributed by atoms with Gasteiger partial charge < -0.3 is 19.4 Å². The summed E-state index contributed by atoms with van der Waals surface area (Å²) in [7, 11) is 3.20. The maximum Gasteiger partial charge on any atom is 0.243 e. The Kier molecular flexibility index (Phi) is 8.19. The lowest BCUT2D eigenvalue weighted by molar-refractivity contribution is -0.116. The summed E-state index contributed by atoms with van der Waals surface area (Å²) in [6.07, 6.45) is 11.9. The van der Waals surface area contributed by atoms with Gasteiger partial charge in [0.25, 0.3) is 0 Å². The number of ether oxygens (including phenoxy) is 2. The van der Waals surface area contributed by atoms with Crippen molar-refractivity contribution in [1.82, 2.24) is 20.1 Å². The van der Waals surface area contributed by atoms with Gasteiger partial charge in [0.05, 0.1) is 14.2 Å². The molecular formula is C22H30N4O3S. The number of benzene rings is 1. The first-order valence-electron chi connectivity index (χ1n) is 10.3. The number of amides is 1. The van der Waals surface area contributed by atoms with Gasteiger partial charge in [-0.05, 0) is 49.3 Å². The molecule has 1 saturated carbocycles. The fourth-order valence-electron chi connectivity index (χ4n) is 3.76. The van der Waals surface area contributed by atoms with Gasteiger partial charge in [-0.2, -0.15) is 0 Å². The number of hydrogen-bond donors (Lipinski definition) is 1. The third kappa shape index (κ3) is 5.78. The molecule has 1 aliphatic carbocycles. The summed E-state index contributed by atoms with van der Waals surface area (Å²) in [5.41, 5.74) is 0.843. The van der Waals surface area contributed by atoms with Crippen LogP contribution in [-0.4, -0.2) is 47.7 Å². The Balaban J connectivity index is 1.50. The minimum atomic E-state index is -0.126. The SMILES string of the molecule is COc1cc(/C=C/C(=O)NCCCc2nnc(SC)n2C2CCCC2)cc(OC)c1. The summed E-state index contributed by atoms with van der Waals surface area (Å²) >= 11 is 1.65. The van der Waals surface area contributed by atoms with Gasteiger partial charge in [0.2, 0.25) is 5.91 Å². The average molecular weight is 431 g/mol. The van der Waals surface area contributed by atoms with Gasteiger partial charge in [-0.15, -0.1) is 10.2 Å². The van der Waals surface area contributed by atoms with E-state index in [2.05, 4.69) is 20.1 Å². The van der Waals surface area contributed by atoms with E-state index in [0.717, 1.165) is 29.4 Å². The standard InChI is InChI=1S/C22H30N4O3S/c1-28-18-13-16(14-19(15-18)29-2)10-11-21(27)23-12-6-9-20-24-25-22(30-3)26(20)17-7-4-5-8-17/h10-11,13-15,17H,4-9,12H2,1-3H3,(H,23,27)/b11-10+. The van der Waals surface area contributed by atoms with Crippen LogP contribution in [0.1, 0.15) is 49.5 Å². The molecular weight excluding hydrogens is 400 g/mol. The van der Waals surface area contributed by atoms with Crippen molar-refractivity contribution >= 4 is 23.7 Å². The highest BCUT2D eigenvalue weighted by atomic mass is 32.2. The monoisotopic (exact) mass is 430 g/mol. The number of hydrogen-bond acceptors (Lipinski definition) is 6. The molecule has 1 aliphatic rings. The largest absolute Gasteiger partial charge is 0.497 e. The molecule has 0 unspecified atom stereocenters. The van der Waals surface area contributed by atoms with Crippen molar-refractivity contribution < 1.29 is 14.3 Å². The van der Waals surface area contributed by atoms with Crippen LogP contribution in [0.4, 0.5) is 0 Å². The van der Waals surface area contributed by atoms with Crippen molar-refractivity contribution in [3.63, 3.8) is 0 Å². The van der Waals surface area contributed by atoms with Crippen LogP contribution in [-0.2, 0) is 11.2 Å². The molecule has 1 amide bonds. The highest BCUT2D eigenvalue weighted by molar-refractivity contribution is 7.98. The lowest BCUT2D eigenvalue weighted by Gasteiger charge is -2.16. The fraction of sp³-hybridized carbons (Fsp3) is 0.500. The predicted molar refractivity (Wildman–Crippen MR) is 119 cm³/mol. The quantitative estimate of drug-likeness (QED) is 0.350. The highest BCUT2D eigenvalue weighted by Crippen LogP contribution is 2.33. The van der Waals surface area contributed by atoms with Gasteiger partial charge in [0.1, 0.15) is 17.3 Å². The second-order valence-corrected chi connectivity index (χ2v) is 8.06. The summed E-state index contributed by atoms with van der Waals surface area (Å²) in [5, 5.41) is 12.7. The molecule has 7 nitrogen and oxygen atoms in total. The number of methoxy groups -OCH3 is 2. The Bertz CT molecular complexity index is 853. The highest BCUT2D eigenvalue weighted by Gasteiger charge is 2.23. The minimum Gasteiger partial charge on any atom is -0.497 e. The normalized spacial score (nSPS) is 14.4. The second kappa shape index (κ2) is 11.1. The van der Waals surface area contributed by atoms with Crippen molar-refractivity contribution in [2.75, 3.05) is 27.0 Å². The molecule has 0 atom stereocenters. The molecule has 0 radical (unpaired) electrons. The fourth-order valence-corrected chi connectivity index (χ4v) is 4.33. The molecule has 1 aromatic carbocycles. The van der Waals surface area contributed by atoms with Gasteiger partial charge in [0, 0.05) is 31.1 Å². The molecule has 1 N–H and O–H groups in total. The van der Waals surface area contributed by atoms with Crippen LogP contribution in [0.15, 0.2) is 29.4 Å². The molecule has 1 fully saturated rings. The van der Waals surface area contributed by atoms with E-state index in [1.54, 1.807) is 38.1 Å². The van der Waals surface area contributed by atoms with Gasteiger partial charge in [-0.1, -0.05) is 24.6 Å². The van der Waals surface area contributed by atoms with Gasteiger partial charge >= 0.3 is 0 Å². The Hall–Kier alpha value is -2.48. The molecule has 0 spiro atoms. The van der Waals surface area contributed by atoms with E-state index < -0.39 is 0 Å². The number of aryl methyl sites for hydroxylation is 1. The molecule has 0 aliphatic heterocycles. The average Bonchev–Trinajstić information content (AvgIpc) is 3.44. The lowest BCUT2D eigenvalue weighted by atomic mass is 10.2. The zero-order valence-electron chi connectivity index (χ0n) is 17.9. The van der Waals surface area contributed by atoms with Crippen molar-refractivity contribution in [3.05, 3.63) is 35.7 Å². The Labute approximate surface area is 182 Å². The van der Waals surface area contributed by atoms with E-state index >= 15 is 0 Å². The van der Waals surface area contributed by atoms with Crippen LogP contribution in [0, 0.1) is 0 Å². The summed E-state index contributed by atoms with van der Waals surface area (Å²) in [4.78, 5) is 12.2. The minimum absolute atomic E-state index is 0.126. The van der Waals surface area contributed by atoms with Crippen LogP contribution in [0.2, 0.25) is 0 Å². The molecule has 30 heavy (non-hydrogen) atoms. The molecule has 2 aromatic rings. The smallest absolute Gasteiger partial charge is 0.243 e. The number of thioether (sulfide) groups is 1. The lowest BCUT2D eigenvalue weighted by Crippen LogP contribution is -2.23. The van der Waals surface area contributed by atoms with E-state index in [9.17, 15) is 4.79 Å². The zero-order valence-corrected chi connectivity index (χ0v) is 18.7. The molecule has 0 bridgehead atoms. The van der Waals surface area contributed by atoms with E-state index in [1.807, 2.05) is 18.4 Å². The maximum atomic E-state index is 12.2. The summed E-state index contributed by atoms with van der Waals surface area (Å²) in [6, 6.07) is 6.02. The second-order valence-electron chi connectivity index (χ2n) is 7.29. The van der Waals surface area contributed by atoms with Gasteiger partial charge in [-0.3, -0.25) is 4.79 Å². The first-order valence-corrected chi connectivity index (χ1v) is 11.5. The molecule has 3 rings (SSSR count). The van der Waals surface area contributed by atoms with E-state index in [4.69, 9.17) is 9.47 Å². The summed E-state index contributed by atoms with van der Waals surface area (Å²) in [6.45, 7) is 0.594. The number of nitrogens with one attached hydrogen (secondary N) is 1. The van der Waals surface area contributed by atoms with Crippen LogP contribution in [0.25, 0.3) is 6.08 Å². The number of carbonyl (C=O) groups is 1. The van der Waals surface area contributed by atoms with Crippen LogP contribution >= 0.6 is 11.8 Å². The third-order valence-electron chi connectivity index (χ3n) is 5.28. The zero-order chi connectivity index (χ0) is 21.3. The predicted octanol–water partition coefficient (Wildman–Crippen LogP) is 3.89.